The van der Waals surface area contributed by atoms with Gasteiger partial charge in [-0.2, -0.15) is 18.3 Å². The molecule has 0 spiro atoms. The van der Waals surface area contributed by atoms with Crippen molar-refractivity contribution in [2.45, 2.75) is 32.4 Å². The summed E-state index contributed by atoms with van der Waals surface area (Å²) >= 11 is 0. The van der Waals surface area contributed by atoms with Crippen LogP contribution in [0.2, 0.25) is 0 Å². The second-order valence-corrected chi connectivity index (χ2v) is 3.51. The highest BCUT2D eigenvalue weighted by atomic mass is 19.4. The van der Waals surface area contributed by atoms with Gasteiger partial charge >= 0.3 is 6.18 Å². The number of ether oxygens (including phenoxy) is 1. The van der Waals surface area contributed by atoms with Crippen molar-refractivity contribution in [2.75, 3.05) is 7.11 Å². The highest BCUT2D eigenvalue weighted by Gasteiger charge is 2.37. The Kier molecular flexibility index (Phi) is 4.14. The number of hydrogen-bond acceptors (Lipinski definition) is 3. The van der Waals surface area contributed by atoms with E-state index in [2.05, 4.69) is 14.9 Å². The number of aryl methyl sites for hydroxylation is 1. The van der Waals surface area contributed by atoms with Crippen molar-refractivity contribution < 1.29 is 17.9 Å². The molecular weight excluding hydrogens is 235 g/mol. The van der Waals surface area contributed by atoms with Crippen molar-refractivity contribution in [1.29, 1.82) is 5.41 Å². The van der Waals surface area contributed by atoms with Gasteiger partial charge in [-0.05, 0) is 12.8 Å². The third kappa shape index (κ3) is 3.21. The molecule has 0 aliphatic heterocycles. The van der Waals surface area contributed by atoms with E-state index in [0.29, 0.717) is 12.1 Å². The molecule has 0 bridgehead atoms. The standard InChI is InChI=1S/C10H14F3N3O/c1-3-7-6(4-5-8(14)17-2)9(16-15-7)10(11,12)13/h14H,3-5H2,1-2H3,(H,15,16). The van der Waals surface area contributed by atoms with Gasteiger partial charge in [0.05, 0.1) is 7.11 Å². The van der Waals surface area contributed by atoms with Crippen LogP contribution in [0, 0.1) is 5.41 Å². The largest absolute Gasteiger partial charge is 0.484 e. The second-order valence-electron chi connectivity index (χ2n) is 3.51. The summed E-state index contributed by atoms with van der Waals surface area (Å²) in [6.45, 7) is 1.75. The quantitative estimate of drug-likeness (QED) is 0.636. The van der Waals surface area contributed by atoms with Gasteiger partial charge in [0.1, 0.15) is 0 Å². The Hall–Kier alpha value is -1.53. The van der Waals surface area contributed by atoms with Crippen molar-refractivity contribution >= 4 is 5.90 Å². The van der Waals surface area contributed by atoms with Gasteiger partial charge in [0.25, 0.3) is 0 Å². The summed E-state index contributed by atoms with van der Waals surface area (Å²) in [6.07, 6.45) is -3.79. The Morgan fingerprint density at radius 3 is 2.59 bits per heavy atom. The number of rotatable bonds is 4. The van der Waals surface area contributed by atoms with E-state index < -0.39 is 11.9 Å². The van der Waals surface area contributed by atoms with Crippen LogP contribution in [-0.2, 0) is 23.8 Å². The minimum atomic E-state index is -4.46. The van der Waals surface area contributed by atoms with Gasteiger partial charge in [0.2, 0.25) is 0 Å². The summed E-state index contributed by atoms with van der Waals surface area (Å²) in [5.74, 6) is -0.0404. The molecule has 1 aromatic heterocycles. The van der Waals surface area contributed by atoms with E-state index >= 15 is 0 Å². The Morgan fingerprint density at radius 2 is 2.12 bits per heavy atom. The van der Waals surface area contributed by atoms with Gasteiger partial charge in [-0.1, -0.05) is 6.92 Å². The molecule has 0 saturated carbocycles. The molecule has 17 heavy (non-hydrogen) atoms. The molecule has 1 heterocycles. The number of nitrogens with zero attached hydrogens (tertiary/aromatic N) is 1. The van der Waals surface area contributed by atoms with E-state index in [1.165, 1.54) is 7.11 Å². The number of alkyl halides is 3. The van der Waals surface area contributed by atoms with Gasteiger partial charge in [0.15, 0.2) is 11.6 Å². The first kappa shape index (κ1) is 13.5. The molecule has 4 nitrogen and oxygen atoms in total. The first-order chi connectivity index (χ1) is 7.90. The summed E-state index contributed by atoms with van der Waals surface area (Å²) in [4.78, 5) is 0. The Bertz CT molecular complexity index is 398. The van der Waals surface area contributed by atoms with E-state index in [9.17, 15) is 13.2 Å². The SMILES string of the molecule is CCc1[nH]nc(C(F)(F)F)c1CCC(=N)OC. The molecule has 96 valence electrons. The summed E-state index contributed by atoms with van der Waals surface area (Å²) < 4.78 is 42.5. The monoisotopic (exact) mass is 249 g/mol. The zero-order chi connectivity index (χ0) is 13.1. The van der Waals surface area contributed by atoms with Crippen LogP contribution in [0.25, 0.3) is 0 Å². The normalized spacial score (nSPS) is 11.6. The third-order valence-corrected chi connectivity index (χ3v) is 2.42. The lowest BCUT2D eigenvalue weighted by Gasteiger charge is -2.08. The molecule has 0 aliphatic rings. The fourth-order valence-electron chi connectivity index (χ4n) is 1.54. The lowest BCUT2D eigenvalue weighted by atomic mass is 10.1. The molecule has 1 rings (SSSR count). The average molecular weight is 249 g/mol. The number of aromatic amines is 1. The van der Waals surface area contributed by atoms with Gasteiger partial charge in [-0.3, -0.25) is 10.5 Å². The topological polar surface area (TPSA) is 61.8 Å². The first-order valence-electron chi connectivity index (χ1n) is 5.14. The fourth-order valence-corrected chi connectivity index (χ4v) is 1.54. The smallest absolute Gasteiger partial charge is 0.435 e. The highest BCUT2D eigenvalue weighted by Crippen LogP contribution is 2.32. The molecule has 0 radical (unpaired) electrons. The maximum atomic E-state index is 12.6. The van der Waals surface area contributed by atoms with Crippen LogP contribution >= 0.6 is 0 Å². The van der Waals surface area contributed by atoms with Crippen LogP contribution in [0.5, 0.6) is 0 Å². The molecule has 0 fully saturated rings. The lowest BCUT2D eigenvalue weighted by molar-refractivity contribution is -0.141. The summed E-state index contributed by atoms with van der Waals surface area (Å²) in [5.41, 5.74) is -0.304. The maximum absolute atomic E-state index is 12.6. The Morgan fingerprint density at radius 1 is 1.47 bits per heavy atom. The number of methoxy groups -OCH3 is 1. The minimum absolute atomic E-state index is 0.0404. The molecule has 0 aliphatic carbocycles. The fraction of sp³-hybridized carbons (Fsp3) is 0.600. The van der Waals surface area contributed by atoms with Crippen molar-refractivity contribution in [1.82, 2.24) is 10.2 Å². The average Bonchev–Trinajstić information content (AvgIpc) is 2.68. The van der Waals surface area contributed by atoms with E-state index in [-0.39, 0.29) is 24.3 Å². The second kappa shape index (κ2) is 5.20. The predicted octanol–water partition coefficient (Wildman–Crippen LogP) is 2.55. The van der Waals surface area contributed by atoms with Gasteiger partial charge in [-0.15, -0.1) is 0 Å². The Balaban J connectivity index is 2.94. The maximum Gasteiger partial charge on any atom is 0.435 e. The van der Waals surface area contributed by atoms with Crippen LogP contribution in [-0.4, -0.2) is 23.2 Å². The number of halogens is 3. The zero-order valence-corrected chi connectivity index (χ0v) is 9.61. The third-order valence-electron chi connectivity index (χ3n) is 2.42. The highest BCUT2D eigenvalue weighted by molar-refractivity contribution is 5.72. The first-order valence-corrected chi connectivity index (χ1v) is 5.14. The van der Waals surface area contributed by atoms with Crippen molar-refractivity contribution in [3.63, 3.8) is 0 Å². The number of nitrogens with one attached hydrogen (secondary N) is 2. The molecule has 0 atom stereocenters. The summed E-state index contributed by atoms with van der Waals surface area (Å²) in [7, 11) is 1.32. The minimum Gasteiger partial charge on any atom is -0.484 e. The number of H-pyrrole nitrogens is 1. The molecular formula is C10H14F3N3O. The van der Waals surface area contributed by atoms with Crippen LogP contribution in [0.1, 0.15) is 30.3 Å². The van der Waals surface area contributed by atoms with E-state index in [0.717, 1.165) is 0 Å². The molecule has 0 saturated heterocycles. The van der Waals surface area contributed by atoms with Crippen LogP contribution in [0.15, 0.2) is 0 Å². The summed E-state index contributed by atoms with van der Waals surface area (Å²) in [6, 6.07) is 0. The van der Waals surface area contributed by atoms with Gasteiger partial charge < -0.3 is 4.74 Å². The van der Waals surface area contributed by atoms with Crippen molar-refractivity contribution in [3.05, 3.63) is 17.0 Å². The lowest BCUT2D eigenvalue weighted by Crippen LogP contribution is -2.11. The van der Waals surface area contributed by atoms with E-state index in [1.54, 1.807) is 6.92 Å². The summed E-state index contributed by atoms with van der Waals surface area (Å²) in [5, 5.41) is 13.0. The molecule has 2 N–H and O–H groups in total. The van der Waals surface area contributed by atoms with Crippen LogP contribution < -0.4 is 0 Å². The number of aromatic nitrogens is 2. The van der Waals surface area contributed by atoms with Crippen LogP contribution in [0.4, 0.5) is 13.2 Å². The Labute approximate surface area is 96.7 Å². The molecule has 7 heteroatoms. The van der Waals surface area contributed by atoms with E-state index in [1.807, 2.05) is 0 Å². The van der Waals surface area contributed by atoms with Crippen LogP contribution in [0.3, 0.4) is 0 Å². The molecule has 1 aromatic rings. The molecule has 0 aromatic carbocycles. The number of hydrogen-bond donors (Lipinski definition) is 2. The van der Waals surface area contributed by atoms with Crippen molar-refractivity contribution in [3.8, 4) is 0 Å². The predicted molar refractivity (Wildman–Crippen MR) is 56.0 cm³/mol. The van der Waals surface area contributed by atoms with Gasteiger partial charge in [0, 0.05) is 17.7 Å². The van der Waals surface area contributed by atoms with Crippen molar-refractivity contribution in [2.24, 2.45) is 0 Å². The molecule has 0 unspecified atom stereocenters. The van der Waals surface area contributed by atoms with E-state index in [4.69, 9.17) is 5.41 Å². The molecule has 0 amide bonds. The zero-order valence-electron chi connectivity index (χ0n) is 9.61. The van der Waals surface area contributed by atoms with Gasteiger partial charge in [-0.25, -0.2) is 0 Å².